The van der Waals surface area contributed by atoms with Gasteiger partial charge >= 0.3 is 0 Å². The summed E-state index contributed by atoms with van der Waals surface area (Å²) >= 11 is 2.16. The van der Waals surface area contributed by atoms with Gasteiger partial charge in [0.05, 0.1) is 11.1 Å². The third-order valence-electron chi connectivity index (χ3n) is 3.22. The van der Waals surface area contributed by atoms with E-state index in [1.54, 1.807) is 0 Å². The van der Waals surface area contributed by atoms with Crippen LogP contribution in [-0.4, -0.2) is 18.0 Å². The smallest absolute Gasteiger partial charge is 0.252 e. The van der Waals surface area contributed by atoms with Gasteiger partial charge in [-0.2, -0.15) is 0 Å². The van der Waals surface area contributed by atoms with Crippen LogP contribution in [0.2, 0.25) is 0 Å². The van der Waals surface area contributed by atoms with Crippen molar-refractivity contribution < 1.29 is 4.79 Å². The predicted molar refractivity (Wildman–Crippen MR) is 86.2 cm³/mol. The molecule has 0 aliphatic carbocycles. The highest BCUT2D eigenvalue weighted by Gasteiger charge is 2.29. The summed E-state index contributed by atoms with van der Waals surface area (Å²) in [4.78, 5) is 12.2. The molecule has 3 nitrogen and oxygen atoms in total. The normalized spacial score (nSPS) is 13.7. The molecule has 3 N–H and O–H groups in total. The lowest BCUT2D eigenvalue weighted by Crippen LogP contribution is -2.55. The second kappa shape index (κ2) is 7.31. The second-order valence-electron chi connectivity index (χ2n) is 4.71. The highest BCUT2D eigenvalue weighted by atomic mass is 127. The summed E-state index contributed by atoms with van der Waals surface area (Å²) in [7, 11) is 0. The number of halogens is 2. The number of nitrogens with one attached hydrogen (secondary N) is 1. The maximum absolute atomic E-state index is 12.2. The minimum absolute atomic E-state index is 0. The lowest BCUT2D eigenvalue weighted by molar-refractivity contribution is 0.0882. The van der Waals surface area contributed by atoms with E-state index in [0.29, 0.717) is 12.1 Å². The van der Waals surface area contributed by atoms with Crippen LogP contribution >= 0.6 is 35.0 Å². The van der Waals surface area contributed by atoms with E-state index in [9.17, 15) is 4.79 Å². The number of benzene rings is 1. The number of amides is 1. The van der Waals surface area contributed by atoms with E-state index in [1.165, 1.54) is 0 Å². The number of carbonyl (C=O) groups is 1. The Balaban J connectivity index is 0.00000289. The first-order chi connectivity index (χ1) is 7.90. The molecule has 1 unspecified atom stereocenters. The van der Waals surface area contributed by atoms with E-state index in [2.05, 4.69) is 41.8 Å². The molecule has 0 spiro atoms. The van der Waals surface area contributed by atoms with Gasteiger partial charge in [0.1, 0.15) is 0 Å². The minimum Gasteiger partial charge on any atom is -0.345 e. The summed E-state index contributed by atoms with van der Waals surface area (Å²) in [5.74, 6) is 0.231. The summed E-state index contributed by atoms with van der Waals surface area (Å²) < 4.78 is 0.950. The highest BCUT2D eigenvalue weighted by Crippen LogP contribution is 2.17. The highest BCUT2D eigenvalue weighted by molar-refractivity contribution is 14.1. The first-order valence-electron chi connectivity index (χ1n) is 5.68. The molecule has 0 aliphatic rings. The van der Waals surface area contributed by atoms with E-state index in [4.69, 9.17) is 5.73 Å². The third-order valence-corrected chi connectivity index (χ3v) is 4.16. The van der Waals surface area contributed by atoms with E-state index >= 15 is 0 Å². The maximum atomic E-state index is 12.2. The average molecular weight is 383 g/mol. The fraction of sp³-hybridized carbons (Fsp3) is 0.462. The van der Waals surface area contributed by atoms with Gasteiger partial charge in [-0.3, -0.25) is 4.79 Å². The van der Waals surface area contributed by atoms with Gasteiger partial charge in [-0.25, -0.2) is 0 Å². The van der Waals surface area contributed by atoms with Gasteiger partial charge < -0.3 is 11.1 Å². The molecule has 1 atom stereocenters. The molecule has 1 amide bonds. The number of hydrogen-bond donors (Lipinski definition) is 2. The molecule has 0 radical (unpaired) electrons. The molecule has 0 heterocycles. The molecule has 0 saturated heterocycles. The quantitative estimate of drug-likeness (QED) is 0.787. The van der Waals surface area contributed by atoms with Crippen molar-refractivity contribution in [2.24, 2.45) is 11.7 Å². The van der Waals surface area contributed by atoms with E-state index < -0.39 is 0 Å². The van der Waals surface area contributed by atoms with Crippen LogP contribution in [0.25, 0.3) is 0 Å². The number of hydrogen-bond acceptors (Lipinski definition) is 2. The first kappa shape index (κ1) is 17.7. The summed E-state index contributed by atoms with van der Waals surface area (Å²) in [6.45, 7) is 6.53. The molecule has 1 aromatic rings. The Kier molecular flexibility index (Phi) is 7.17. The van der Waals surface area contributed by atoms with Crippen LogP contribution in [0.5, 0.6) is 0 Å². The third kappa shape index (κ3) is 4.10. The van der Waals surface area contributed by atoms with Gasteiger partial charge in [0.2, 0.25) is 0 Å². The van der Waals surface area contributed by atoms with Crippen LogP contribution < -0.4 is 11.1 Å². The zero-order valence-electron chi connectivity index (χ0n) is 10.9. The Morgan fingerprint density at radius 3 is 2.44 bits per heavy atom. The molecule has 5 heteroatoms. The summed E-state index contributed by atoms with van der Waals surface area (Å²) in [5, 5.41) is 3.03. The van der Waals surface area contributed by atoms with Crippen molar-refractivity contribution >= 4 is 40.9 Å². The molecule has 1 aromatic carbocycles. The Labute approximate surface area is 128 Å². The summed E-state index contributed by atoms with van der Waals surface area (Å²) in [6, 6.07) is 7.54. The van der Waals surface area contributed by atoms with Crippen LogP contribution in [0.1, 0.15) is 31.1 Å². The van der Waals surface area contributed by atoms with Crippen molar-refractivity contribution in [2.45, 2.75) is 26.3 Å². The second-order valence-corrected chi connectivity index (χ2v) is 5.87. The van der Waals surface area contributed by atoms with E-state index in [0.717, 1.165) is 3.57 Å². The monoisotopic (exact) mass is 382 g/mol. The fourth-order valence-corrected chi connectivity index (χ4v) is 2.04. The van der Waals surface area contributed by atoms with Crippen molar-refractivity contribution in [2.75, 3.05) is 6.54 Å². The van der Waals surface area contributed by atoms with Crippen molar-refractivity contribution in [3.05, 3.63) is 33.4 Å². The van der Waals surface area contributed by atoms with Crippen molar-refractivity contribution in [3.63, 3.8) is 0 Å². The van der Waals surface area contributed by atoms with Crippen LogP contribution in [-0.2, 0) is 0 Å². The Hall–Kier alpha value is -0.330. The topological polar surface area (TPSA) is 55.1 Å². The Bertz CT molecular complexity index is 412. The van der Waals surface area contributed by atoms with E-state index in [-0.39, 0.29) is 29.8 Å². The number of nitrogens with two attached hydrogens (primary N) is 1. The maximum Gasteiger partial charge on any atom is 0.252 e. The largest absolute Gasteiger partial charge is 0.345 e. The average Bonchev–Trinajstić information content (AvgIpc) is 2.29. The lowest BCUT2D eigenvalue weighted by atomic mass is 9.88. The molecular formula is C13H20ClIN2O. The van der Waals surface area contributed by atoms with Crippen LogP contribution in [0.4, 0.5) is 0 Å². The molecule has 0 saturated carbocycles. The molecule has 18 heavy (non-hydrogen) atoms. The number of rotatable bonds is 4. The Morgan fingerprint density at radius 2 is 2.00 bits per heavy atom. The molecule has 0 bridgehead atoms. The molecule has 0 fully saturated rings. The molecule has 0 aliphatic heterocycles. The zero-order valence-corrected chi connectivity index (χ0v) is 13.8. The van der Waals surface area contributed by atoms with Gasteiger partial charge in [0, 0.05) is 10.1 Å². The minimum atomic E-state index is -0.365. The SMILES string of the molecule is CC(C)C(C)(CN)NC(=O)c1ccccc1I.Cl. The standard InChI is InChI=1S/C13H19IN2O.ClH/c1-9(2)13(3,8-15)16-12(17)10-6-4-5-7-11(10)14;/h4-7,9H,8,15H2,1-3H3,(H,16,17);1H. The van der Waals surface area contributed by atoms with Crippen LogP contribution in [0, 0.1) is 9.49 Å². The molecule has 0 aromatic heterocycles. The van der Waals surface area contributed by atoms with Crippen molar-refractivity contribution in [1.29, 1.82) is 0 Å². The van der Waals surface area contributed by atoms with Gasteiger partial charge in [0.25, 0.3) is 5.91 Å². The van der Waals surface area contributed by atoms with E-state index in [1.807, 2.05) is 31.2 Å². The van der Waals surface area contributed by atoms with Crippen LogP contribution in [0.15, 0.2) is 24.3 Å². The number of carbonyl (C=O) groups excluding carboxylic acids is 1. The molecule has 1 rings (SSSR count). The van der Waals surface area contributed by atoms with Crippen molar-refractivity contribution in [3.8, 4) is 0 Å². The molecule has 102 valence electrons. The van der Waals surface area contributed by atoms with Gasteiger partial charge in [-0.15, -0.1) is 12.4 Å². The molecular weight excluding hydrogens is 363 g/mol. The van der Waals surface area contributed by atoms with Crippen molar-refractivity contribution in [1.82, 2.24) is 5.32 Å². The lowest BCUT2D eigenvalue weighted by Gasteiger charge is -2.33. The van der Waals surface area contributed by atoms with Crippen LogP contribution in [0.3, 0.4) is 0 Å². The van der Waals surface area contributed by atoms with Gasteiger partial charge in [-0.05, 0) is 47.6 Å². The van der Waals surface area contributed by atoms with Gasteiger partial charge in [-0.1, -0.05) is 26.0 Å². The zero-order chi connectivity index (χ0) is 13.1. The fourth-order valence-electron chi connectivity index (χ4n) is 1.40. The predicted octanol–water partition coefficient (Wildman–Crippen LogP) is 2.82. The summed E-state index contributed by atoms with van der Waals surface area (Å²) in [6.07, 6.45) is 0. The van der Waals surface area contributed by atoms with Gasteiger partial charge in [0.15, 0.2) is 0 Å². The summed E-state index contributed by atoms with van der Waals surface area (Å²) in [5.41, 5.74) is 6.09. The Morgan fingerprint density at radius 1 is 1.44 bits per heavy atom. The first-order valence-corrected chi connectivity index (χ1v) is 6.75.